The topological polar surface area (TPSA) is 52.9 Å². The van der Waals surface area contributed by atoms with Crippen molar-refractivity contribution in [2.24, 2.45) is 0 Å². The number of morpholine rings is 1. The van der Waals surface area contributed by atoms with Crippen LogP contribution in [0.3, 0.4) is 0 Å². The summed E-state index contributed by atoms with van der Waals surface area (Å²) in [7, 11) is 0. The number of aliphatic hydroxyl groups is 2. The fourth-order valence-electron chi connectivity index (χ4n) is 2.36. The van der Waals surface area contributed by atoms with Crippen molar-refractivity contribution >= 4 is 0 Å². The van der Waals surface area contributed by atoms with E-state index in [4.69, 9.17) is 9.84 Å². The highest BCUT2D eigenvalue weighted by Crippen LogP contribution is 2.22. The molecule has 0 amide bonds. The van der Waals surface area contributed by atoms with Crippen LogP contribution in [0.1, 0.15) is 12.5 Å². The normalized spacial score (nSPS) is 24.7. The summed E-state index contributed by atoms with van der Waals surface area (Å²) in [5.41, 5.74) is 0.0375. The van der Waals surface area contributed by atoms with Crippen LogP contribution < -0.4 is 0 Å². The molecule has 1 aromatic carbocycles. The maximum Gasteiger partial charge on any atom is 0.0994 e. The SMILES string of the molecule is CC(O)(CN1CCOC(CO)C1)c1ccccc1. The molecule has 18 heavy (non-hydrogen) atoms. The molecule has 2 rings (SSSR count). The molecule has 1 aliphatic rings. The zero-order chi connectivity index (χ0) is 13.0. The first kappa shape index (κ1) is 13.5. The third-order valence-corrected chi connectivity index (χ3v) is 3.35. The van der Waals surface area contributed by atoms with E-state index in [2.05, 4.69) is 4.90 Å². The molecule has 100 valence electrons. The van der Waals surface area contributed by atoms with Gasteiger partial charge in [-0.1, -0.05) is 30.3 Å². The molecular weight excluding hydrogens is 230 g/mol. The largest absolute Gasteiger partial charge is 0.394 e. The van der Waals surface area contributed by atoms with E-state index in [-0.39, 0.29) is 12.7 Å². The molecule has 0 saturated carbocycles. The number of ether oxygens (including phenoxy) is 1. The van der Waals surface area contributed by atoms with Crippen molar-refractivity contribution in [2.45, 2.75) is 18.6 Å². The van der Waals surface area contributed by atoms with Gasteiger partial charge in [0.25, 0.3) is 0 Å². The lowest BCUT2D eigenvalue weighted by Gasteiger charge is -2.37. The molecule has 1 aromatic rings. The van der Waals surface area contributed by atoms with Crippen LogP contribution in [0.2, 0.25) is 0 Å². The number of hydrogen-bond donors (Lipinski definition) is 2. The van der Waals surface area contributed by atoms with Gasteiger partial charge in [-0.05, 0) is 12.5 Å². The van der Waals surface area contributed by atoms with Crippen molar-refractivity contribution in [3.8, 4) is 0 Å². The maximum atomic E-state index is 10.6. The highest BCUT2D eigenvalue weighted by Gasteiger charge is 2.29. The zero-order valence-electron chi connectivity index (χ0n) is 10.7. The van der Waals surface area contributed by atoms with Gasteiger partial charge in [0.05, 0.1) is 24.9 Å². The third-order valence-electron chi connectivity index (χ3n) is 3.35. The van der Waals surface area contributed by atoms with Gasteiger partial charge in [0.1, 0.15) is 0 Å². The van der Waals surface area contributed by atoms with Crippen LogP contribution in [0.15, 0.2) is 30.3 Å². The van der Waals surface area contributed by atoms with E-state index < -0.39 is 5.60 Å². The Morgan fingerprint density at radius 1 is 1.39 bits per heavy atom. The van der Waals surface area contributed by atoms with E-state index in [0.717, 1.165) is 12.1 Å². The van der Waals surface area contributed by atoms with Crippen LogP contribution in [-0.2, 0) is 10.3 Å². The lowest BCUT2D eigenvalue weighted by Crippen LogP contribution is -2.49. The van der Waals surface area contributed by atoms with Gasteiger partial charge in [-0.25, -0.2) is 0 Å². The van der Waals surface area contributed by atoms with Gasteiger partial charge in [0.15, 0.2) is 0 Å². The van der Waals surface area contributed by atoms with Gasteiger partial charge in [-0.2, -0.15) is 0 Å². The number of rotatable bonds is 4. The highest BCUT2D eigenvalue weighted by atomic mass is 16.5. The predicted molar refractivity (Wildman–Crippen MR) is 69.3 cm³/mol. The first-order chi connectivity index (χ1) is 8.62. The lowest BCUT2D eigenvalue weighted by atomic mass is 9.95. The Kier molecular flexibility index (Phi) is 4.35. The van der Waals surface area contributed by atoms with Gasteiger partial charge < -0.3 is 14.9 Å². The molecule has 0 aromatic heterocycles. The fourth-order valence-corrected chi connectivity index (χ4v) is 2.36. The monoisotopic (exact) mass is 251 g/mol. The predicted octanol–water partition coefficient (Wildman–Crippen LogP) is 0.587. The second-order valence-electron chi connectivity index (χ2n) is 5.05. The second kappa shape index (κ2) is 5.80. The molecule has 4 nitrogen and oxygen atoms in total. The summed E-state index contributed by atoms with van der Waals surface area (Å²) in [5, 5.41) is 19.7. The molecule has 0 bridgehead atoms. The summed E-state index contributed by atoms with van der Waals surface area (Å²) in [6, 6.07) is 9.67. The van der Waals surface area contributed by atoms with Crippen molar-refractivity contribution in [1.82, 2.24) is 4.90 Å². The van der Waals surface area contributed by atoms with Gasteiger partial charge >= 0.3 is 0 Å². The first-order valence-electron chi connectivity index (χ1n) is 6.34. The summed E-state index contributed by atoms with van der Waals surface area (Å²) in [4.78, 5) is 2.14. The van der Waals surface area contributed by atoms with Crippen LogP contribution in [0.5, 0.6) is 0 Å². The molecule has 4 heteroatoms. The van der Waals surface area contributed by atoms with Crippen molar-refractivity contribution in [1.29, 1.82) is 0 Å². The number of benzene rings is 1. The standard InChI is InChI=1S/C14H21NO3/c1-14(17,12-5-3-2-4-6-12)11-15-7-8-18-13(9-15)10-16/h2-6,13,16-17H,7-11H2,1H3. The van der Waals surface area contributed by atoms with Crippen LogP contribution in [-0.4, -0.2) is 54.1 Å². The average Bonchev–Trinajstić information content (AvgIpc) is 2.39. The lowest BCUT2D eigenvalue weighted by molar-refractivity contribution is -0.0767. The van der Waals surface area contributed by atoms with Gasteiger partial charge in [-0.15, -0.1) is 0 Å². The van der Waals surface area contributed by atoms with Crippen LogP contribution in [0.25, 0.3) is 0 Å². The summed E-state index contributed by atoms with van der Waals surface area (Å²) in [6.45, 7) is 4.47. The van der Waals surface area contributed by atoms with E-state index in [1.54, 1.807) is 0 Å². The molecule has 2 N–H and O–H groups in total. The minimum atomic E-state index is -0.876. The van der Waals surface area contributed by atoms with Gasteiger partial charge in [-0.3, -0.25) is 4.90 Å². The maximum absolute atomic E-state index is 10.6. The molecule has 0 radical (unpaired) electrons. The smallest absolute Gasteiger partial charge is 0.0994 e. The summed E-state index contributed by atoms with van der Waals surface area (Å²) in [5.74, 6) is 0. The fraction of sp³-hybridized carbons (Fsp3) is 0.571. The molecule has 2 atom stereocenters. The third kappa shape index (κ3) is 3.29. The number of hydrogen-bond acceptors (Lipinski definition) is 4. The Labute approximate surface area is 108 Å². The molecule has 1 aliphatic heterocycles. The minimum absolute atomic E-state index is 0.0317. The van der Waals surface area contributed by atoms with Crippen LogP contribution >= 0.6 is 0 Å². The Morgan fingerprint density at radius 3 is 2.78 bits per heavy atom. The van der Waals surface area contributed by atoms with E-state index in [0.29, 0.717) is 19.7 Å². The Morgan fingerprint density at radius 2 is 2.11 bits per heavy atom. The highest BCUT2D eigenvalue weighted by molar-refractivity contribution is 5.21. The van der Waals surface area contributed by atoms with E-state index in [1.807, 2.05) is 37.3 Å². The van der Waals surface area contributed by atoms with Crippen molar-refractivity contribution < 1.29 is 14.9 Å². The summed E-state index contributed by atoms with van der Waals surface area (Å²) < 4.78 is 5.40. The van der Waals surface area contributed by atoms with Crippen LogP contribution in [0, 0.1) is 0 Å². The Hall–Kier alpha value is -0.940. The Bertz CT molecular complexity index is 367. The van der Waals surface area contributed by atoms with E-state index in [1.165, 1.54) is 0 Å². The van der Waals surface area contributed by atoms with Crippen LogP contribution in [0.4, 0.5) is 0 Å². The average molecular weight is 251 g/mol. The number of nitrogens with zero attached hydrogens (tertiary/aromatic N) is 1. The minimum Gasteiger partial charge on any atom is -0.394 e. The van der Waals surface area contributed by atoms with Crippen molar-refractivity contribution in [3.63, 3.8) is 0 Å². The Balaban J connectivity index is 1.99. The van der Waals surface area contributed by atoms with Crippen molar-refractivity contribution in [3.05, 3.63) is 35.9 Å². The number of β-amino-alcohol motifs (C(OH)–C–C–N with tert-alkyl or cyclic N) is 1. The van der Waals surface area contributed by atoms with Gasteiger partial charge in [0.2, 0.25) is 0 Å². The zero-order valence-corrected chi connectivity index (χ0v) is 10.7. The molecule has 0 aliphatic carbocycles. The molecule has 1 saturated heterocycles. The van der Waals surface area contributed by atoms with E-state index >= 15 is 0 Å². The molecule has 1 heterocycles. The summed E-state index contributed by atoms with van der Waals surface area (Å²) >= 11 is 0. The van der Waals surface area contributed by atoms with Crippen molar-refractivity contribution in [2.75, 3.05) is 32.8 Å². The molecule has 0 spiro atoms. The molecular formula is C14H21NO3. The quantitative estimate of drug-likeness (QED) is 0.822. The molecule has 1 fully saturated rings. The summed E-state index contributed by atoms with van der Waals surface area (Å²) in [6.07, 6.45) is -0.134. The number of aliphatic hydroxyl groups excluding tert-OH is 1. The van der Waals surface area contributed by atoms with E-state index in [9.17, 15) is 5.11 Å². The molecule has 2 unspecified atom stereocenters. The van der Waals surface area contributed by atoms with Gasteiger partial charge in [0, 0.05) is 19.6 Å². The second-order valence-corrected chi connectivity index (χ2v) is 5.05. The first-order valence-corrected chi connectivity index (χ1v) is 6.34.